The van der Waals surface area contributed by atoms with E-state index >= 15 is 0 Å². The summed E-state index contributed by atoms with van der Waals surface area (Å²) in [5.74, 6) is 1.16. The Balaban J connectivity index is 2.02. The highest BCUT2D eigenvalue weighted by molar-refractivity contribution is 5.80. The molecule has 4 nitrogen and oxygen atoms in total. The summed E-state index contributed by atoms with van der Waals surface area (Å²) in [4.78, 5) is 9.17. The Labute approximate surface area is 85.5 Å². The van der Waals surface area contributed by atoms with E-state index in [2.05, 4.69) is 28.8 Å². The molecule has 1 fully saturated rings. The van der Waals surface area contributed by atoms with Gasteiger partial charge in [0.1, 0.15) is 0 Å². The van der Waals surface area contributed by atoms with Gasteiger partial charge in [0, 0.05) is 33.2 Å². The van der Waals surface area contributed by atoms with E-state index in [9.17, 15) is 0 Å². The molecular weight excluding hydrogens is 178 g/mol. The highest BCUT2D eigenvalue weighted by Crippen LogP contribution is 2.10. The average molecular weight is 197 g/mol. The lowest BCUT2D eigenvalue weighted by Crippen LogP contribution is -2.51. The van der Waals surface area contributed by atoms with Crippen molar-refractivity contribution in [1.29, 1.82) is 0 Å². The number of rotatable bonds is 0. The lowest BCUT2D eigenvalue weighted by Gasteiger charge is -2.38. The smallest absolute Gasteiger partial charge is 0.196 e. The molecule has 2 heterocycles. The van der Waals surface area contributed by atoms with E-state index in [0.29, 0.717) is 6.10 Å². The summed E-state index contributed by atoms with van der Waals surface area (Å²) >= 11 is 0. The molecule has 0 aromatic rings. The molecule has 14 heavy (non-hydrogen) atoms. The molecule has 1 unspecified atom stereocenters. The summed E-state index contributed by atoms with van der Waals surface area (Å²) in [6.07, 6.45) is 1.52. The van der Waals surface area contributed by atoms with Crippen molar-refractivity contribution in [3.63, 3.8) is 0 Å². The van der Waals surface area contributed by atoms with Crippen LogP contribution in [-0.2, 0) is 4.74 Å². The van der Waals surface area contributed by atoms with Gasteiger partial charge in [-0.15, -0.1) is 0 Å². The third kappa shape index (κ3) is 2.00. The molecule has 0 aromatic heterocycles. The van der Waals surface area contributed by atoms with E-state index in [-0.39, 0.29) is 0 Å². The van der Waals surface area contributed by atoms with E-state index in [1.807, 2.05) is 0 Å². The quantitative estimate of drug-likeness (QED) is 0.562. The Morgan fingerprint density at radius 1 is 1.43 bits per heavy atom. The molecule has 80 valence electrons. The first-order chi connectivity index (χ1) is 6.77. The molecule has 2 aliphatic heterocycles. The molecule has 4 heteroatoms. The van der Waals surface area contributed by atoms with Crippen LogP contribution in [0, 0.1) is 0 Å². The lowest BCUT2D eigenvalue weighted by molar-refractivity contribution is 0.00181. The Hall–Kier alpha value is -0.770. The molecule has 1 atom stereocenters. The van der Waals surface area contributed by atoms with E-state index in [1.165, 1.54) is 6.42 Å². The molecule has 0 saturated carbocycles. The molecule has 2 rings (SSSR count). The number of hydrogen-bond donors (Lipinski definition) is 0. The Morgan fingerprint density at radius 3 is 3.00 bits per heavy atom. The first-order valence-electron chi connectivity index (χ1n) is 5.39. The lowest BCUT2D eigenvalue weighted by atomic mass is 10.3. The maximum atomic E-state index is 5.52. The molecule has 0 aromatic carbocycles. The fraction of sp³-hybridized carbons (Fsp3) is 0.900. The van der Waals surface area contributed by atoms with Crippen LogP contribution in [0.15, 0.2) is 4.99 Å². The normalized spacial score (nSPS) is 29.0. The van der Waals surface area contributed by atoms with Gasteiger partial charge in [-0.25, -0.2) is 0 Å². The summed E-state index contributed by atoms with van der Waals surface area (Å²) in [7, 11) is 2.12. The van der Waals surface area contributed by atoms with Crippen LogP contribution in [-0.4, -0.2) is 61.7 Å². The van der Waals surface area contributed by atoms with Crippen LogP contribution in [0.5, 0.6) is 0 Å². The second-order valence-electron chi connectivity index (χ2n) is 4.08. The zero-order chi connectivity index (χ0) is 9.97. The minimum Gasteiger partial charge on any atom is -0.375 e. The van der Waals surface area contributed by atoms with E-state index < -0.39 is 0 Å². The van der Waals surface area contributed by atoms with Crippen LogP contribution in [0.1, 0.15) is 13.3 Å². The van der Waals surface area contributed by atoms with Crippen molar-refractivity contribution in [2.75, 3.05) is 39.8 Å². The first-order valence-corrected chi connectivity index (χ1v) is 5.39. The van der Waals surface area contributed by atoms with Gasteiger partial charge in [-0.1, -0.05) is 0 Å². The topological polar surface area (TPSA) is 28.1 Å². The molecule has 0 N–H and O–H groups in total. The second-order valence-corrected chi connectivity index (χ2v) is 4.08. The molecule has 0 spiro atoms. The van der Waals surface area contributed by atoms with Crippen molar-refractivity contribution < 1.29 is 4.74 Å². The fourth-order valence-electron chi connectivity index (χ4n) is 2.05. The minimum atomic E-state index is 0.335. The summed E-state index contributed by atoms with van der Waals surface area (Å²) in [6.45, 7) is 7.01. The zero-order valence-electron chi connectivity index (χ0n) is 9.07. The van der Waals surface area contributed by atoms with Gasteiger partial charge in [0.05, 0.1) is 12.7 Å². The van der Waals surface area contributed by atoms with Crippen LogP contribution in [0.2, 0.25) is 0 Å². The SMILES string of the molecule is CC1CN(C2=NCCCN2C)CCO1. The minimum absolute atomic E-state index is 0.335. The van der Waals surface area contributed by atoms with Crippen molar-refractivity contribution in [1.82, 2.24) is 9.80 Å². The van der Waals surface area contributed by atoms with Gasteiger partial charge in [-0.3, -0.25) is 4.99 Å². The Kier molecular flexibility index (Phi) is 2.91. The zero-order valence-corrected chi connectivity index (χ0v) is 9.07. The van der Waals surface area contributed by atoms with Crippen molar-refractivity contribution in [2.24, 2.45) is 4.99 Å². The molecule has 0 bridgehead atoms. The fourth-order valence-corrected chi connectivity index (χ4v) is 2.05. The third-order valence-electron chi connectivity index (χ3n) is 2.77. The average Bonchev–Trinajstić information content (AvgIpc) is 2.18. The highest BCUT2D eigenvalue weighted by atomic mass is 16.5. The van der Waals surface area contributed by atoms with E-state index in [1.54, 1.807) is 0 Å². The van der Waals surface area contributed by atoms with Gasteiger partial charge in [0.15, 0.2) is 5.96 Å². The molecule has 1 saturated heterocycles. The van der Waals surface area contributed by atoms with Crippen LogP contribution in [0.3, 0.4) is 0 Å². The maximum Gasteiger partial charge on any atom is 0.196 e. The summed E-state index contributed by atoms with van der Waals surface area (Å²) in [6, 6.07) is 0. The van der Waals surface area contributed by atoms with Crippen molar-refractivity contribution in [2.45, 2.75) is 19.4 Å². The highest BCUT2D eigenvalue weighted by Gasteiger charge is 2.23. The number of aliphatic imine (C=N–C) groups is 1. The summed E-state index contributed by atoms with van der Waals surface area (Å²) < 4.78 is 5.52. The van der Waals surface area contributed by atoms with Gasteiger partial charge in [-0.05, 0) is 13.3 Å². The number of morpholine rings is 1. The van der Waals surface area contributed by atoms with Gasteiger partial charge in [0.25, 0.3) is 0 Å². The second kappa shape index (κ2) is 4.17. The number of guanidine groups is 1. The first kappa shape index (κ1) is 9.77. The van der Waals surface area contributed by atoms with Gasteiger partial charge in [-0.2, -0.15) is 0 Å². The molecule has 0 aliphatic carbocycles. The van der Waals surface area contributed by atoms with Gasteiger partial charge in [0.2, 0.25) is 0 Å². The van der Waals surface area contributed by atoms with Crippen molar-refractivity contribution in [3.8, 4) is 0 Å². The predicted molar refractivity (Wildman–Crippen MR) is 56.5 cm³/mol. The third-order valence-corrected chi connectivity index (χ3v) is 2.77. The van der Waals surface area contributed by atoms with Crippen molar-refractivity contribution in [3.05, 3.63) is 0 Å². The molecule has 0 amide bonds. The van der Waals surface area contributed by atoms with Crippen LogP contribution < -0.4 is 0 Å². The van der Waals surface area contributed by atoms with E-state index in [4.69, 9.17) is 4.74 Å². The Morgan fingerprint density at radius 2 is 2.29 bits per heavy atom. The molecule has 2 aliphatic rings. The van der Waals surface area contributed by atoms with Gasteiger partial charge >= 0.3 is 0 Å². The van der Waals surface area contributed by atoms with Crippen LogP contribution in [0.25, 0.3) is 0 Å². The predicted octanol–water partition coefficient (Wildman–Crippen LogP) is 0.399. The van der Waals surface area contributed by atoms with E-state index in [0.717, 1.165) is 38.7 Å². The largest absolute Gasteiger partial charge is 0.375 e. The van der Waals surface area contributed by atoms with Gasteiger partial charge < -0.3 is 14.5 Å². The van der Waals surface area contributed by atoms with Crippen molar-refractivity contribution >= 4 is 5.96 Å². The monoisotopic (exact) mass is 197 g/mol. The molecular formula is C10H19N3O. The number of hydrogen-bond acceptors (Lipinski definition) is 4. The number of ether oxygens (including phenoxy) is 1. The summed E-state index contributed by atoms with van der Waals surface area (Å²) in [5.41, 5.74) is 0. The maximum absolute atomic E-state index is 5.52. The summed E-state index contributed by atoms with van der Waals surface area (Å²) in [5, 5.41) is 0. The standard InChI is InChI=1S/C10H19N3O/c1-9-8-13(6-7-14-9)10-11-4-3-5-12(10)2/h9H,3-8H2,1-2H3. The molecule has 0 radical (unpaired) electrons. The van der Waals surface area contributed by atoms with Crippen LogP contribution in [0.4, 0.5) is 0 Å². The Bertz CT molecular complexity index is 229. The van der Waals surface area contributed by atoms with Crippen LogP contribution >= 0.6 is 0 Å². The number of nitrogens with zero attached hydrogens (tertiary/aromatic N) is 3.